The Labute approximate surface area is 137 Å². The molecule has 0 fully saturated rings. The highest BCUT2D eigenvalue weighted by molar-refractivity contribution is 6.32. The number of methoxy groups -OCH3 is 1. The van der Waals surface area contributed by atoms with E-state index in [1.165, 1.54) is 12.1 Å². The van der Waals surface area contributed by atoms with Crippen LogP contribution >= 0.6 is 0 Å². The average Bonchev–Trinajstić information content (AvgIpc) is 2.87. The minimum absolute atomic E-state index is 0.307. The topological polar surface area (TPSA) is 89.4 Å². The molecule has 0 atom stereocenters. The first-order valence-corrected chi connectivity index (χ1v) is 6.98. The highest BCUT2D eigenvalue weighted by Gasteiger charge is 2.19. The number of benzene rings is 1. The number of aryl methyl sites for hydroxylation is 1. The largest absolute Gasteiger partial charge is 0.462 e. The van der Waals surface area contributed by atoms with Crippen molar-refractivity contribution in [1.82, 2.24) is 15.4 Å². The summed E-state index contributed by atoms with van der Waals surface area (Å²) in [5, 5.41) is 0. The van der Waals surface area contributed by atoms with Gasteiger partial charge in [-0.25, -0.2) is 9.18 Å². The van der Waals surface area contributed by atoms with Crippen molar-refractivity contribution in [3.63, 3.8) is 0 Å². The number of aromatic nitrogens is 1. The molecule has 2 aromatic rings. The van der Waals surface area contributed by atoms with Gasteiger partial charge in [0.15, 0.2) is 0 Å². The maximum atomic E-state index is 13.1. The molecule has 1 aromatic heterocycles. The Hall–Kier alpha value is -3.16. The van der Waals surface area contributed by atoms with Crippen molar-refractivity contribution in [2.24, 2.45) is 0 Å². The summed E-state index contributed by atoms with van der Waals surface area (Å²) in [5.41, 5.74) is 6.47. The molecule has 24 heavy (non-hydrogen) atoms. The third-order valence-corrected chi connectivity index (χ3v) is 3.42. The first-order valence-electron chi connectivity index (χ1n) is 6.98. The maximum Gasteiger partial charge on any atom is 0.398 e. The van der Waals surface area contributed by atoms with Crippen LogP contribution in [0.2, 0.25) is 0 Å². The number of hydrogen-bond donors (Lipinski definition) is 2. The summed E-state index contributed by atoms with van der Waals surface area (Å²) in [5.74, 6) is -3.15. The highest BCUT2D eigenvalue weighted by Crippen LogP contribution is 2.21. The van der Waals surface area contributed by atoms with Gasteiger partial charge in [0.2, 0.25) is 0 Å². The van der Waals surface area contributed by atoms with Crippen molar-refractivity contribution in [1.29, 1.82) is 0 Å². The molecule has 0 aliphatic rings. The molecular weight excluding hydrogens is 317 g/mol. The molecule has 1 heterocycles. The van der Waals surface area contributed by atoms with Gasteiger partial charge in [-0.15, -0.1) is 0 Å². The van der Waals surface area contributed by atoms with Crippen LogP contribution in [0.1, 0.15) is 21.7 Å². The Balaban J connectivity index is 2.22. The molecule has 0 spiro atoms. The number of nitrogens with zero attached hydrogens (tertiary/aromatic N) is 1. The van der Waals surface area contributed by atoms with E-state index < -0.39 is 17.8 Å². The van der Waals surface area contributed by atoms with Crippen LogP contribution in [0.4, 0.5) is 4.39 Å². The summed E-state index contributed by atoms with van der Waals surface area (Å²) in [7, 11) is 1.06. The molecule has 126 valence electrons. The number of hydrogen-bond acceptors (Lipinski definition) is 4. The van der Waals surface area contributed by atoms with Gasteiger partial charge in [0.05, 0.1) is 12.7 Å². The Bertz CT molecular complexity index is 796. The van der Waals surface area contributed by atoms with Gasteiger partial charge < -0.3 is 9.30 Å². The van der Waals surface area contributed by atoms with Crippen molar-refractivity contribution >= 4 is 17.8 Å². The molecule has 2 N–H and O–H groups in total. The molecule has 2 amide bonds. The minimum Gasteiger partial charge on any atom is -0.462 e. The van der Waals surface area contributed by atoms with E-state index in [1.54, 1.807) is 36.6 Å². The number of nitrogens with one attached hydrogen (secondary N) is 2. The van der Waals surface area contributed by atoms with Crippen LogP contribution in [0.15, 0.2) is 30.3 Å². The molecule has 7 nitrogen and oxygen atoms in total. The number of amides is 2. The second-order valence-corrected chi connectivity index (χ2v) is 5.00. The summed E-state index contributed by atoms with van der Waals surface area (Å²) >= 11 is 0. The lowest BCUT2D eigenvalue weighted by atomic mass is 10.2. The van der Waals surface area contributed by atoms with Crippen LogP contribution in [0, 0.1) is 19.7 Å². The van der Waals surface area contributed by atoms with E-state index in [2.05, 4.69) is 10.2 Å². The monoisotopic (exact) mass is 333 g/mol. The summed E-state index contributed by atoms with van der Waals surface area (Å²) in [6.45, 7) is 3.51. The van der Waals surface area contributed by atoms with Gasteiger partial charge in [0, 0.05) is 17.1 Å². The van der Waals surface area contributed by atoms with Crippen molar-refractivity contribution in [2.45, 2.75) is 13.8 Å². The highest BCUT2D eigenvalue weighted by atomic mass is 19.1. The fourth-order valence-corrected chi connectivity index (χ4v) is 2.30. The molecular formula is C16H16FN3O4. The maximum absolute atomic E-state index is 13.1. The summed E-state index contributed by atoms with van der Waals surface area (Å²) in [6, 6.07) is 7.46. The lowest BCUT2D eigenvalue weighted by Crippen LogP contribution is -2.45. The Morgan fingerprint density at radius 3 is 2.29 bits per heavy atom. The van der Waals surface area contributed by atoms with Crippen LogP contribution in [-0.2, 0) is 14.3 Å². The van der Waals surface area contributed by atoms with Crippen molar-refractivity contribution < 1.29 is 23.5 Å². The van der Waals surface area contributed by atoms with Crippen molar-refractivity contribution in [2.75, 3.05) is 7.11 Å². The van der Waals surface area contributed by atoms with Gasteiger partial charge in [-0.1, -0.05) is 0 Å². The standard InChI is InChI=1S/C16H16FN3O4/c1-9-8-13(14(21)18-19-15(22)16(23)24-3)10(2)20(9)12-6-4-11(17)5-7-12/h4-8H,1-3H3,(H,18,21)(H,19,22). The smallest absolute Gasteiger partial charge is 0.398 e. The van der Waals surface area contributed by atoms with E-state index in [9.17, 15) is 18.8 Å². The summed E-state index contributed by atoms with van der Waals surface area (Å²) in [4.78, 5) is 34.4. The number of ether oxygens (including phenoxy) is 1. The van der Waals surface area contributed by atoms with E-state index in [4.69, 9.17) is 0 Å². The minimum atomic E-state index is -1.12. The number of carbonyl (C=O) groups is 3. The predicted octanol–water partition coefficient (Wildman–Crippen LogP) is 1.17. The van der Waals surface area contributed by atoms with Gasteiger partial charge in [0.1, 0.15) is 5.82 Å². The van der Waals surface area contributed by atoms with Crippen LogP contribution in [0.3, 0.4) is 0 Å². The quantitative estimate of drug-likeness (QED) is 0.490. The van der Waals surface area contributed by atoms with E-state index in [1.807, 2.05) is 5.43 Å². The van der Waals surface area contributed by atoms with Crippen LogP contribution in [0.25, 0.3) is 5.69 Å². The molecule has 2 rings (SSSR count). The first kappa shape index (κ1) is 17.2. The second-order valence-electron chi connectivity index (χ2n) is 5.00. The van der Waals surface area contributed by atoms with Crippen LogP contribution < -0.4 is 10.9 Å². The van der Waals surface area contributed by atoms with Gasteiger partial charge in [-0.05, 0) is 44.2 Å². The fourth-order valence-electron chi connectivity index (χ4n) is 2.30. The molecule has 0 radical (unpaired) electrons. The molecule has 0 saturated heterocycles. The second kappa shape index (κ2) is 6.95. The number of carbonyl (C=O) groups excluding carboxylic acids is 3. The van der Waals surface area contributed by atoms with E-state index >= 15 is 0 Å². The average molecular weight is 333 g/mol. The predicted molar refractivity (Wildman–Crippen MR) is 82.8 cm³/mol. The van der Waals surface area contributed by atoms with Gasteiger partial charge >= 0.3 is 11.9 Å². The summed E-state index contributed by atoms with van der Waals surface area (Å²) < 4.78 is 19.1. The lowest BCUT2D eigenvalue weighted by molar-refractivity contribution is -0.153. The van der Waals surface area contributed by atoms with Gasteiger partial charge in [0.25, 0.3) is 5.91 Å². The Kier molecular flexibility index (Phi) is 4.98. The van der Waals surface area contributed by atoms with E-state index in [-0.39, 0.29) is 5.82 Å². The normalized spacial score (nSPS) is 10.2. The molecule has 0 saturated carbocycles. The third-order valence-electron chi connectivity index (χ3n) is 3.42. The molecule has 1 aromatic carbocycles. The Morgan fingerprint density at radius 1 is 1.08 bits per heavy atom. The number of halogens is 1. The van der Waals surface area contributed by atoms with Crippen molar-refractivity contribution in [3.8, 4) is 5.69 Å². The lowest BCUT2D eigenvalue weighted by Gasteiger charge is -2.10. The zero-order valence-electron chi connectivity index (χ0n) is 13.3. The number of rotatable bonds is 2. The zero-order valence-corrected chi connectivity index (χ0v) is 13.3. The first-order chi connectivity index (χ1) is 11.3. The SMILES string of the molecule is COC(=O)C(=O)NNC(=O)c1cc(C)n(-c2ccc(F)cc2)c1C. The van der Waals surface area contributed by atoms with Crippen LogP contribution in [-0.4, -0.2) is 29.5 Å². The molecule has 0 aliphatic heterocycles. The summed E-state index contributed by atoms with van der Waals surface area (Å²) in [6.07, 6.45) is 0. The van der Waals surface area contributed by atoms with Gasteiger partial charge in [-0.3, -0.25) is 20.4 Å². The Morgan fingerprint density at radius 2 is 1.71 bits per heavy atom. The van der Waals surface area contributed by atoms with Crippen molar-refractivity contribution in [3.05, 3.63) is 53.1 Å². The van der Waals surface area contributed by atoms with E-state index in [0.29, 0.717) is 16.9 Å². The van der Waals surface area contributed by atoms with Crippen LogP contribution in [0.5, 0.6) is 0 Å². The molecule has 0 bridgehead atoms. The zero-order chi connectivity index (χ0) is 17.9. The molecule has 0 unspecified atom stereocenters. The number of esters is 1. The molecule has 0 aliphatic carbocycles. The fraction of sp³-hybridized carbons (Fsp3) is 0.188. The molecule has 8 heteroatoms. The number of hydrazine groups is 1. The van der Waals surface area contributed by atoms with Gasteiger partial charge in [-0.2, -0.15) is 0 Å². The third kappa shape index (κ3) is 3.43. The van der Waals surface area contributed by atoms with E-state index in [0.717, 1.165) is 12.8 Å².